The lowest BCUT2D eigenvalue weighted by Gasteiger charge is -2.28. The Labute approximate surface area is 203 Å². The topological polar surface area (TPSA) is 81.9 Å². The Morgan fingerprint density at radius 2 is 1.63 bits per heavy atom. The Balaban J connectivity index is 1.48. The highest BCUT2D eigenvalue weighted by molar-refractivity contribution is 7.91. The normalized spacial score (nSPS) is 15.1. The van der Waals surface area contributed by atoms with E-state index in [4.69, 9.17) is 13.9 Å². The van der Waals surface area contributed by atoms with Gasteiger partial charge in [-0.15, -0.1) is 0 Å². The summed E-state index contributed by atoms with van der Waals surface area (Å²) < 4.78 is 45.3. The molecule has 0 N–H and O–H groups in total. The summed E-state index contributed by atoms with van der Waals surface area (Å²) >= 11 is 0. The standard InChI is InChI=1S/C27H24N2O5S/c1-18-6-2-5-9-22(18)25-28-26(27(34-25)29-13-12-19-7-3-4-8-20(19)17-29)35(30,31)21-10-11-23-24(16-21)33-15-14-32-23/h2-11,16H,12-15,17H2,1H3. The van der Waals surface area contributed by atoms with E-state index in [9.17, 15) is 8.42 Å². The predicted molar refractivity (Wildman–Crippen MR) is 131 cm³/mol. The van der Waals surface area contributed by atoms with Crippen LogP contribution < -0.4 is 14.4 Å². The van der Waals surface area contributed by atoms with Crippen molar-refractivity contribution < 1.29 is 22.3 Å². The summed E-state index contributed by atoms with van der Waals surface area (Å²) in [6.45, 7) is 3.93. The summed E-state index contributed by atoms with van der Waals surface area (Å²) in [6, 6.07) is 20.5. The van der Waals surface area contributed by atoms with E-state index < -0.39 is 9.84 Å². The molecule has 0 radical (unpaired) electrons. The maximum atomic E-state index is 13.9. The monoisotopic (exact) mass is 488 g/mol. The Kier molecular flexibility index (Phi) is 5.25. The van der Waals surface area contributed by atoms with Crippen LogP contribution in [0.15, 0.2) is 81.1 Å². The Bertz CT molecular complexity index is 1530. The van der Waals surface area contributed by atoms with Crippen LogP contribution >= 0.6 is 0 Å². The molecule has 0 aliphatic carbocycles. The summed E-state index contributed by atoms with van der Waals surface area (Å²) in [6.07, 6.45) is 0.792. The van der Waals surface area contributed by atoms with Crippen molar-refractivity contribution in [3.63, 3.8) is 0 Å². The first kappa shape index (κ1) is 21.7. The summed E-state index contributed by atoms with van der Waals surface area (Å²) in [4.78, 5) is 6.61. The molecule has 3 heterocycles. The third-order valence-corrected chi connectivity index (χ3v) is 8.10. The van der Waals surface area contributed by atoms with Gasteiger partial charge in [-0.1, -0.05) is 42.5 Å². The molecule has 0 amide bonds. The summed E-state index contributed by atoms with van der Waals surface area (Å²) in [5, 5.41) is -0.0909. The van der Waals surface area contributed by atoms with Crippen molar-refractivity contribution in [2.24, 2.45) is 0 Å². The zero-order valence-corrected chi connectivity index (χ0v) is 20.0. The first-order valence-corrected chi connectivity index (χ1v) is 13.0. The molecule has 0 atom stereocenters. The molecule has 2 aliphatic heterocycles. The van der Waals surface area contributed by atoms with Gasteiger partial charge in [-0.2, -0.15) is 4.98 Å². The van der Waals surface area contributed by atoms with Crippen LogP contribution in [0.1, 0.15) is 16.7 Å². The highest BCUT2D eigenvalue weighted by Gasteiger charge is 2.34. The van der Waals surface area contributed by atoms with Gasteiger partial charge in [-0.3, -0.25) is 0 Å². The number of oxazole rings is 1. The van der Waals surface area contributed by atoms with Gasteiger partial charge in [0, 0.05) is 24.7 Å². The molecule has 178 valence electrons. The van der Waals surface area contributed by atoms with Crippen LogP contribution in [-0.2, 0) is 22.8 Å². The van der Waals surface area contributed by atoms with Crippen molar-refractivity contribution in [1.82, 2.24) is 4.98 Å². The summed E-state index contributed by atoms with van der Waals surface area (Å²) in [5.41, 5.74) is 4.12. The van der Waals surface area contributed by atoms with Crippen LogP contribution in [0.5, 0.6) is 11.5 Å². The van der Waals surface area contributed by atoms with Gasteiger partial charge >= 0.3 is 0 Å². The first-order chi connectivity index (χ1) is 17.0. The fraction of sp³-hybridized carbons (Fsp3) is 0.222. The van der Waals surface area contributed by atoms with Crippen molar-refractivity contribution in [3.8, 4) is 23.0 Å². The molecule has 0 saturated carbocycles. The van der Waals surface area contributed by atoms with Gasteiger partial charge in [0.15, 0.2) is 11.5 Å². The molecule has 8 heteroatoms. The molecule has 2 aliphatic rings. The number of benzene rings is 3. The van der Waals surface area contributed by atoms with Gasteiger partial charge in [0.25, 0.3) is 0 Å². The van der Waals surface area contributed by atoms with Crippen molar-refractivity contribution in [2.45, 2.75) is 29.8 Å². The number of rotatable bonds is 4. The minimum Gasteiger partial charge on any atom is -0.486 e. The number of aromatic nitrogens is 1. The number of fused-ring (bicyclic) bond motifs is 2. The SMILES string of the molecule is Cc1ccccc1-c1nc(S(=O)(=O)c2ccc3c(c2)OCCO3)c(N2CCc3ccccc3C2)o1. The van der Waals surface area contributed by atoms with Crippen LogP contribution in [0.25, 0.3) is 11.5 Å². The molecule has 35 heavy (non-hydrogen) atoms. The van der Waals surface area contributed by atoms with Crippen molar-refractivity contribution >= 4 is 15.7 Å². The average Bonchev–Trinajstić information content (AvgIpc) is 3.34. The van der Waals surface area contributed by atoms with Crippen LogP contribution in [-0.4, -0.2) is 33.2 Å². The van der Waals surface area contributed by atoms with E-state index in [1.807, 2.05) is 48.2 Å². The van der Waals surface area contributed by atoms with Gasteiger partial charge < -0.3 is 18.8 Å². The molecule has 3 aromatic carbocycles. The summed E-state index contributed by atoms with van der Waals surface area (Å²) in [7, 11) is -4.01. The van der Waals surface area contributed by atoms with E-state index in [0.717, 1.165) is 23.1 Å². The van der Waals surface area contributed by atoms with Crippen LogP contribution in [0.4, 0.5) is 5.88 Å². The van der Waals surface area contributed by atoms with Gasteiger partial charge in [-0.05, 0) is 48.2 Å². The third-order valence-electron chi connectivity index (χ3n) is 6.45. The van der Waals surface area contributed by atoms with Crippen LogP contribution in [0, 0.1) is 6.92 Å². The zero-order valence-electron chi connectivity index (χ0n) is 19.2. The van der Waals surface area contributed by atoms with Crippen LogP contribution in [0.2, 0.25) is 0 Å². The second-order valence-corrected chi connectivity index (χ2v) is 10.6. The molecule has 0 spiro atoms. The van der Waals surface area contributed by atoms with E-state index in [-0.39, 0.29) is 21.7 Å². The molecule has 1 aromatic heterocycles. The van der Waals surface area contributed by atoms with Gasteiger partial charge in [-0.25, -0.2) is 8.42 Å². The molecule has 0 saturated heterocycles. The van der Waals surface area contributed by atoms with Crippen molar-refractivity contribution in [2.75, 3.05) is 24.7 Å². The molecule has 7 nitrogen and oxygen atoms in total. The predicted octanol–water partition coefficient (Wildman–Crippen LogP) is 4.82. The Hall–Kier alpha value is -3.78. The lowest BCUT2D eigenvalue weighted by Crippen LogP contribution is -2.31. The number of aryl methyl sites for hydroxylation is 1. The summed E-state index contributed by atoms with van der Waals surface area (Å²) in [5.74, 6) is 1.48. The highest BCUT2D eigenvalue weighted by Crippen LogP contribution is 2.39. The third kappa shape index (κ3) is 3.83. The number of hydrogen-bond acceptors (Lipinski definition) is 7. The molecule has 0 bridgehead atoms. The van der Waals surface area contributed by atoms with Gasteiger partial charge in [0.2, 0.25) is 26.6 Å². The molecule has 4 aromatic rings. The molecular weight excluding hydrogens is 464 g/mol. The Morgan fingerprint density at radius 1 is 0.886 bits per heavy atom. The van der Waals surface area contributed by atoms with Crippen LogP contribution in [0.3, 0.4) is 0 Å². The fourth-order valence-electron chi connectivity index (χ4n) is 4.57. The van der Waals surface area contributed by atoms with Gasteiger partial charge in [0.1, 0.15) is 13.2 Å². The minimum atomic E-state index is -4.01. The lowest BCUT2D eigenvalue weighted by molar-refractivity contribution is 0.171. The number of sulfone groups is 1. The molecule has 6 rings (SSSR count). The van der Waals surface area contributed by atoms with E-state index in [0.29, 0.717) is 37.8 Å². The first-order valence-electron chi connectivity index (χ1n) is 11.5. The maximum Gasteiger partial charge on any atom is 0.236 e. The minimum absolute atomic E-state index is 0.0880. The number of ether oxygens (including phenoxy) is 2. The second-order valence-electron chi connectivity index (χ2n) is 8.69. The van der Waals surface area contributed by atoms with E-state index in [2.05, 4.69) is 17.1 Å². The lowest BCUT2D eigenvalue weighted by atomic mass is 10.0. The van der Waals surface area contributed by atoms with E-state index in [1.165, 1.54) is 17.7 Å². The number of nitrogens with zero attached hydrogens (tertiary/aromatic N) is 2. The molecule has 0 unspecified atom stereocenters. The number of hydrogen-bond donors (Lipinski definition) is 0. The van der Waals surface area contributed by atoms with E-state index in [1.54, 1.807) is 6.07 Å². The average molecular weight is 489 g/mol. The highest BCUT2D eigenvalue weighted by atomic mass is 32.2. The van der Waals surface area contributed by atoms with Crippen molar-refractivity contribution in [1.29, 1.82) is 0 Å². The molecule has 0 fully saturated rings. The Morgan fingerprint density at radius 3 is 2.46 bits per heavy atom. The maximum absolute atomic E-state index is 13.9. The van der Waals surface area contributed by atoms with Crippen molar-refractivity contribution in [3.05, 3.63) is 83.4 Å². The molecular formula is C27H24N2O5S. The largest absolute Gasteiger partial charge is 0.486 e. The second kappa shape index (κ2) is 8.46. The quantitative estimate of drug-likeness (QED) is 0.407. The van der Waals surface area contributed by atoms with E-state index >= 15 is 0 Å². The smallest absolute Gasteiger partial charge is 0.236 e. The fourth-order valence-corrected chi connectivity index (χ4v) is 5.91. The zero-order chi connectivity index (χ0) is 24.0. The number of anilines is 1. The van der Waals surface area contributed by atoms with Gasteiger partial charge in [0.05, 0.1) is 4.90 Å².